The monoisotopic (exact) mass is 409 g/mol. The Balaban J connectivity index is 1.85. The van der Waals surface area contributed by atoms with Crippen LogP contribution in [0.1, 0.15) is 33.3 Å². The molecule has 0 saturated heterocycles. The maximum Gasteiger partial charge on any atom is 0.297 e. The van der Waals surface area contributed by atoms with Gasteiger partial charge in [-0.2, -0.15) is 0 Å². The van der Waals surface area contributed by atoms with Crippen molar-refractivity contribution in [3.63, 3.8) is 0 Å². The highest BCUT2D eigenvalue weighted by atomic mass is 35.5. The molecule has 0 saturated carbocycles. The zero-order valence-electron chi connectivity index (χ0n) is 14.5. The number of hydrogen-bond acceptors (Lipinski definition) is 6. The summed E-state index contributed by atoms with van der Waals surface area (Å²) in [6, 6.07) is 11.7. The number of anilines is 1. The first-order chi connectivity index (χ1) is 13.5. The molecule has 0 N–H and O–H groups in total. The molecule has 1 amide bonds. The highest BCUT2D eigenvalue weighted by Crippen LogP contribution is 2.41. The van der Waals surface area contributed by atoms with Crippen molar-refractivity contribution in [2.75, 3.05) is 4.90 Å². The molecule has 0 spiro atoms. The second kappa shape index (κ2) is 6.25. The molecule has 0 fully saturated rings. The third-order valence-electron chi connectivity index (χ3n) is 4.74. The van der Waals surface area contributed by atoms with Gasteiger partial charge < -0.3 is 4.42 Å². The van der Waals surface area contributed by atoms with Gasteiger partial charge in [0.25, 0.3) is 5.91 Å². The highest BCUT2D eigenvalue weighted by Gasteiger charge is 2.45. The highest BCUT2D eigenvalue weighted by molar-refractivity contribution is 7.13. The molecular formula is C20H12ClN3O3S. The van der Waals surface area contributed by atoms with E-state index in [2.05, 4.69) is 10.2 Å². The normalized spacial score (nSPS) is 16.0. The smallest absolute Gasteiger partial charge is 0.297 e. The lowest BCUT2D eigenvalue weighted by molar-refractivity contribution is 0.0970. The second-order valence-electron chi connectivity index (χ2n) is 6.53. The number of nitrogens with zero attached hydrogens (tertiary/aromatic N) is 3. The van der Waals surface area contributed by atoms with E-state index in [4.69, 9.17) is 16.0 Å². The maximum absolute atomic E-state index is 13.4. The zero-order valence-corrected chi connectivity index (χ0v) is 16.1. The van der Waals surface area contributed by atoms with Gasteiger partial charge in [-0.1, -0.05) is 46.7 Å². The largest absolute Gasteiger partial charge is 0.450 e. The molecule has 3 heterocycles. The van der Waals surface area contributed by atoms with E-state index in [1.165, 1.54) is 21.7 Å². The molecule has 0 aliphatic carbocycles. The van der Waals surface area contributed by atoms with Gasteiger partial charge in [0.2, 0.25) is 10.9 Å². The van der Waals surface area contributed by atoms with Gasteiger partial charge in [0.05, 0.1) is 17.0 Å². The Hall–Kier alpha value is -3.03. The lowest BCUT2D eigenvalue weighted by Gasteiger charge is -2.22. The number of aromatic nitrogens is 2. The first kappa shape index (κ1) is 17.1. The Kier molecular flexibility index (Phi) is 3.82. The zero-order chi connectivity index (χ0) is 19.4. The van der Waals surface area contributed by atoms with E-state index in [-0.39, 0.29) is 11.2 Å². The minimum atomic E-state index is -0.685. The number of carbonyl (C=O) groups excluding carboxylic acids is 1. The fourth-order valence-corrected chi connectivity index (χ4v) is 4.33. The maximum atomic E-state index is 13.4. The molecule has 2 aromatic heterocycles. The van der Waals surface area contributed by atoms with Crippen molar-refractivity contribution < 1.29 is 9.21 Å². The molecule has 1 aliphatic heterocycles. The third kappa shape index (κ3) is 2.47. The van der Waals surface area contributed by atoms with Crippen molar-refractivity contribution >= 4 is 44.9 Å². The van der Waals surface area contributed by atoms with Gasteiger partial charge in [0.15, 0.2) is 5.43 Å². The molecule has 6 nitrogen and oxygen atoms in total. The summed E-state index contributed by atoms with van der Waals surface area (Å²) in [6.07, 6.45) is 0. The van der Waals surface area contributed by atoms with Crippen LogP contribution >= 0.6 is 22.9 Å². The van der Waals surface area contributed by atoms with Gasteiger partial charge in [-0.25, -0.2) is 0 Å². The molecule has 1 atom stereocenters. The number of fused-ring (bicyclic) bond motifs is 2. The van der Waals surface area contributed by atoms with Crippen LogP contribution in [0, 0.1) is 6.92 Å². The average Bonchev–Trinajstić information content (AvgIpc) is 3.29. The van der Waals surface area contributed by atoms with Crippen LogP contribution in [-0.2, 0) is 0 Å². The van der Waals surface area contributed by atoms with E-state index in [9.17, 15) is 9.59 Å². The molecule has 8 heteroatoms. The number of benzene rings is 2. The average molecular weight is 410 g/mol. The topological polar surface area (TPSA) is 76.3 Å². The van der Waals surface area contributed by atoms with E-state index in [0.29, 0.717) is 32.3 Å². The summed E-state index contributed by atoms with van der Waals surface area (Å²) in [7, 11) is 0. The molecule has 0 radical (unpaired) electrons. The molecule has 2 aromatic carbocycles. The van der Waals surface area contributed by atoms with Gasteiger partial charge in [0.1, 0.15) is 11.1 Å². The van der Waals surface area contributed by atoms with Crippen LogP contribution in [0.15, 0.2) is 57.2 Å². The van der Waals surface area contributed by atoms with Crippen LogP contribution in [-0.4, -0.2) is 16.1 Å². The molecule has 5 rings (SSSR count). The van der Waals surface area contributed by atoms with Crippen molar-refractivity contribution in [2.45, 2.75) is 13.0 Å². The number of halogens is 1. The van der Waals surface area contributed by atoms with Crippen molar-refractivity contribution in [3.8, 4) is 0 Å². The summed E-state index contributed by atoms with van der Waals surface area (Å²) < 4.78 is 5.89. The number of rotatable bonds is 2. The Bertz CT molecular complexity index is 1300. The van der Waals surface area contributed by atoms with Crippen LogP contribution in [0.2, 0.25) is 5.02 Å². The van der Waals surface area contributed by atoms with E-state index in [1.54, 1.807) is 30.3 Å². The standard InChI is InChI=1S/C20H12ClN3O3S/c1-10-5-6-14-13(7-10)17(25)15-16(11-3-2-4-12(21)8-11)24(19(26)18(15)27-14)20-23-22-9-28-20/h2-9,16H,1H3. The molecule has 138 valence electrons. The van der Waals surface area contributed by atoms with E-state index < -0.39 is 11.9 Å². The van der Waals surface area contributed by atoms with Crippen molar-refractivity contribution in [1.29, 1.82) is 0 Å². The second-order valence-corrected chi connectivity index (χ2v) is 7.78. The molecule has 1 aliphatic rings. The predicted octanol–water partition coefficient (Wildman–Crippen LogP) is 4.36. The summed E-state index contributed by atoms with van der Waals surface area (Å²) >= 11 is 7.40. The number of aryl methyl sites for hydroxylation is 1. The first-order valence-corrected chi connectivity index (χ1v) is 9.73. The quantitative estimate of drug-likeness (QED) is 0.491. The van der Waals surface area contributed by atoms with Crippen LogP contribution in [0.5, 0.6) is 0 Å². The summed E-state index contributed by atoms with van der Waals surface area (Å²) in [5.41, 5.74) is 3.62. The van der Waals surface area contributed by atoms with Crippen LogP contribution in [0.25, 0.3) is 11.0 Å². The Morgan fingerprint density at radius 2 is 2.04 bits per heavy atom. The van der Waals surface area contributed by atoms with Crippen molar-refractivity contribution in [1.82, 2.24) is 10.2 Å². The Morgan fingerprint density at radius 1 is 1.18 bits per heavy atom. The summed E-state index contributed by atoms with van der Waals surface area (Å²) in [5, 5.41) is 9.22. The summed E-state index contributed by atoms with van der Waals surface area (Å²) in [6.45, 7) is 1.90. The first-order valence-electron chi connectivity index (χ1n) is 8.47. The van der Waals surface area contributed by atoms with Crippen molar-refractivity contribution in [2.24, 2.45) is 0 Å². The van der Waals surface area contributed by atoms with E-state index in [0.717, 1.165) is 5.56 Å². The molecule has 28 heavy (non-hydrogen) atoms. The number of hydrogen-bond donors (Lipinski definition) is 0. The minimum Gasteiger partial charge on any atom is -0.450 e. The molecular weight excluding hydrogens is 398 g/mol. The molecule has 0 bridgehead atoms. The summed E-state index contributed by atoms with van der Waals surface area (Å²) in [5.74, 6) is -0.391. The van der Waals surface area contributed by atoms with Gasteiger partial charge in [-0.15, -0.1) is 10.2 Å². The van der Waals surface area contributed by atoms with Gasteiger partial charge in [0, 0.05) is 5.02 Å². The third-order valence-corrected chi connectivity index (χ3v) is 5.67. The lowest BCUT2D eigenvalue weighted by Crippen LogP contribution is -2.29. The van der Waals surface area contributed by atoms with Crippen LogP contribution in [0.3, 0.4) is 0 Å². The van der Waals surface area contributed by atoms with Crippen LogP contribution in [0.4, 0.5) is 5.13 Å². The van der Waals surface area contributed by atoms with Crippen LogP contribution < -0.4 is 10.3 Å². The van der Waals surface area contributed by atoms with Gasteiger partial charge >= 0.3 is 0 Å². The van der Waals surface area contributed by atoms with Crippen molar-refractivity contribution in [3.05, 3.63) is 85.7 Å². The Morgan fingerprint density at radius 3 is 2.79 bits per heavy atom. The predicted molar refractivity (Wildman–Crippen MR) is 107 cm³/mol. The minimum absolute atomic E-state index is 0.0292. The lowest BCUT2D eigenvalue weighted by atomic mass is 9.98. The fourth-order valence-electron chi connectivity index (χ4n) is 3.55. The fraction of sp³-hybridized carbons (Fsp3) is 0.100. The van der Waals surface area contributed by atoms with Gasteiger partial charge in [-0.3, -0.25) is 14.5 Å². The molecule has 1 unspecified atom stereocenters. The number of amides is 1. The van der Waals surface area contributed by atoms with Gasteiger partial charge in [-0.05, 0) is 36.8 Å². The van der Waals surface area contributed by atoms with E-state index in [1.807, 2.05) is 19.1 Å². The SMILES string of the molecule is Cc1ccc2oc3c(c(=O)c2c1)C(c1cccc(Cl)c1)N(c1nncs1)C3=O. The van der Waals surface area contributed by atoms with E-state index >= 15 is 0 Å². The number of carbonyl (C=O) groups is 1. The molecule has 4 aromatic rings. The Labute approximate surface area is 168 Å². The summed E-state index contributed by atoms with van der Waals surface area (Å²) in [4.78, 5) is 28.1.